The Balaban J connectivity index is 2.88. The van der Waals surface area contributed by atoms with E-state index in [1.807, 2.05) is 19.1 Å². The second kappa shape index (κ2) is 3.29. The molecule has 2 rings (SSSR count). The number of hydrogen-bond donors (Lipinski definition) is 1. The predicted molar refractivity (Wildman–Crippen MR) is 57.7 cm³/mol. The summed E-state index contributed by atoms with van der Waals surface area (Å²) in [6, 6.07) is 8.71. The second-order valence-electron chi connectivity index (χ2n) is 3.37. The first-order valence-corrected chi connectivity index (χ1v) is 4.69. The first-order chi connectivity index (χ1) is 6.72. The van der Waals surface area contributed by atoms with Crippen molar-refractivity contribution in [2.24, 2.45) is 0 Å². The van der Waals surface area contributed by atoms with Gasteiger partial charge in [-0.25, -0.2) is 4.39 Å². The highest BCUT2D eigenvalue weighted by molar-refractivity contribution is 5.89. The van der Waals surface area contributed by atoms with Crippen molar-refractivity contribution in [1.29, 1.82) is 0 Å². The molecule has 0 aromatic heterocycles. The monoisotopic (exact) mass is 189 g/mol. The molecular weight excluding hydrogens is 177 g/mol. The quantitative estimate of drug-likeness (QED) is 0.685. The fourth-order valence-corrected chi connectivity index (χ4v) is 1.77. The normalized spacial score (nSPS) is 10.7. The highest BCUT2D eigenvalue weighted by Gasteiger charge is 2.05. The minimum absolute atomic E-state index is 0.167. The lowest BCUT2D eigenvalue weighted by Gasteiger charge is -2.06. The molecule has 0 fully saturated rings. The molecular formula is C12H12FN. The first kappa shape index (κ1) is 9.00. The van der Waals surface area contributed by atoms with Crippen molar-refractivity contribution < 1.29 is 4.39 Å². The average Bonchev–Trinajstić information content (AvgIpc) is 2.16. The molecule has 0 unspecified atom stereocenters. The summed E-state index contributed by atoms with van der Waals surface area (Å²) < 4.78 is 13.5. The number of halogens is 1. The van der Waals surface area contributed by atoms with Crippen molar-refractivity contribution in [2.45, 2.75) is 13.3 Å². The molecule has 0 saturated carbocycles. The van der Waals surface area contributed by atoms with E-state index >= 15 is 0 Å². The van der Waals surface area contributed by atoms with Crippen LogP contribution >= 0.6 is 0 Å². The van der Waals surface area contributed by atoms with Crippen LogP contribution in [0.4, 0.5) is 10.1 Å². The maximum absolute atomic E-state index is 13.5. The lowest BCUT2D eigenvalue weighted by atomic mass is 10.0. The minimum Gasteiger partial charge on any atom is -0.399 e. The van der Waals surface area contributed by atoms with Crippen LogP contribution in [0.1, 0.15) is 12.5 Å². The van der Waals surface area contributed by atoms with E-state index in [0.29, 0.717) is 11.1 Å². The Morgan fingerprint density at radius 1 is 1.29 bits per heavy atom. The van der Waals surface area contributed by atoms with Crippen molar-refractivity contribution in [3.63, 3.8) is 0 Å². The molecule has 2 aromatic rings. The molecule has 2 N–H and O–H groups in total. The molecule has 2 heteroatoms. The summed E-state index contributed by atoms with van der Waals surface area (Å²) in [5.74, 6) is -0.167. The standard InChI is InChI=1S/C12H12FN/c1-2-8-6-10(14)7-9-4-3-5-11(13)12(8)9/h3-7H,2,14H2,1H3. The van der Waals surface area contributed by atoms with E-state index in [0.717, 1.165) is 17.4 Å². The van der Waals surface area contributed by atoms with Gasteiger partial charge in [-0.1, -0.05) is 19.1 Å². The molecule has 0 heterocycles. The van der Waals surface area contributed by atoms with Gasteiger partial charge in [-0.05, 0) is 35.6 Å². The van der Waals surface area contributed by atoms with Gasteiger partial charge in [0.05, 0.1) is 0 Å². The van der Waals surface area contributed by atoms with Gasteiger partial charge in [0.2, 0.25) is 0 Å². The summed E-state index contributed by atoms with van der Waals surface area (Å²) in [5.41, 5.74) is 7.39. The summed E-state index contributed by atoms with van der Waals surface area (Å²) in [6.45, 7) is 2.00. The number of hydrogen-bond acceptors (Lipinski definition) is 1. The van der Waals surface area contributed by atoms with Crippen molar-refractivity contribution in [3.05, 3.63) is 41.7 Å². The van der Waals surface area contributed by atoms with Gasteiger partial charge in [0, 0.05) is 11.1 Å². The van der Waals surface area contributed by atoms with Crippen LogP contribution in [0, 0.1) is 5.82 Å². The number of fused-ring (bicyclic) bond motifs is 1. The molecule has 0 aliphatic carbocycles. The largest absolute Gasteiger partial charge is 0.399 e. The number of anilines is 1. The SMILES string of the molecule is CCc1cc(N)cc2cccc(F)c12. The maximum Gasteiger partial charge on any atom is 0.131 e. The van der Waals surface area contributed by atoms with Crippen molar-refractivity contribution >= 4 is 16.5 Å². The second-order valence-corrected chi connectivity index (χ2v) is 3.37. The fourth-order valence-electron chi connectivity index (χ4n) is 1.77. The molecule has 0 aliphatic heterocycles. The van der Waals surface area contributed by atoms with Crippen LogP contribution in [-0.4, -0.2) is 0 Å². The fraction of sp³-hybridized carbons (Fsp3) is 0.167. The van der Waals surface area contributed by atoms with Crippen molar-refractivity contribution in [3.8, 4) is 0 Å². The Kier molecular flexibility index (Phi) is 2.12. The highest BCUT2D eigenvalue weighted by atomic mass is 19.1. The molecule has 0 atom stereocenters. The highest BCUT2D eigenvalue weighted by Crippen LogP contribution is 2.25. The molecule has 2 aromatic carbocycles. The van der Waals surface area contributed by atoms with E-state index in [1.54, 1.807) is 12.1 Å². The Labute approximate surface area is 82.3 Å². The number of benzene rings is 2. The van der Waals surface area contributed by atoms with Gasteiger partial charge < -0.3 is 5.73 Å². The van der Waals surface area contributed by atoms with E-state index in [-0.39, 0.29) is 5.82 Å². The van der Waals surface area contributed by atoms with Crippen LogP contribution in [0.15, 0.2) is 30.3 Å². The zero-order valence-corrected chi connectivity index (χ0v) is 8.05. The van der Waals surface area contributed by atoms with Crippen molar-refractivity contribution in [1.82, 2.24) is 0 Å². The van der Waals surface area contributed by atoms with Gasteiger partial charge in [-0.3, -0.25) is 0 Å². The van der Waals surface area contributed by atoms with Crippen LogP contribution in [0.2, 0.25) is 0 Å². The lowest BCUT2D eigenvalue weighted by molar-refractivity contribution is 0.639. The minimum atomic E-state index is -0.167. The van der Waals surface area contributed by atoms with Gasteiger partial charge in [0.15, 0.2) is 0 Å². The number of rotatable bonds is 1. The third-order valence-electron chi connectivity index (χ3n) is 2.41. The summed E-state index contributed by atoms with van der Waals surface area (Å²) in [4.78, 5) is 0. The van der Waals surface area contributed by atoms with Gasteiger partial charge in [-0.15, -0.1) is 0 Å². The van der Waals surface area contributed by atoms with Gasteiger partial charge in [0.1, 0.15) is 5.82 Å². The van der Waals surface area contributed by atoms with Crippen LogP contribution in [-0.2, 0) is 6.42 Å². The van der Waals surface area contributed by atoms with Crippen LogP contribution < -0.4 is 5.73 Å². The summed E-state index contributed by atoms with van der Waals surface area (Å²) in [5, 5.41) is 1.58. The van der Waals surface area contributed by atoms with E-state index in [2.05, 4.69) is 0 Å². The van der Waals surface area contributed by atoms with Gasteiger partial charge in [-0.2, -0.15) is 0 Å². The van der Waals surface area contributed by atoms with Crippen LogP contribution in [0.25, 0.3) is 10.8 Å². The Bertz CT molecular complexity index is 477. The molecule has 0 amide bonds. The van der Waals surface area contributed by atoms with Crippen LogP contribution in [0.3, 0.4) is 0 Å². The van der Waals surface area contributed by atoms with E-state index < -0.39 is 0 Å². The molecule has 0 radical (unpaired) electrons. The molecule has 72 valence electrons. The summed E-state index contributed by atoms with van der Waals surface area (Å²) >= 11 is 0. The van der Waals surface area contributed by atoms with Crippen molar-refractivity contribution in [2.75, 3.05) is 5.73 Å². The van der Waals surface area contributed by atoms with Gasteiger partial charge in [0.25, 0.3) is 0 Å². The van der Waals surface area contributed by atoms with E-state index in [9.17, 15) is 4.39 Å². The van der Waals surface area contributed by atoms with Crippen LogP contribution in [0.5, 0.6) is 0 Å². The maximum atomic E-state index is 13.5. The number of aryl methyl sites for hydroxylation is 1. The predicted octanol–water partition coefficient (Wildman–Crippen LogP) is 3.12. The smallest absolute Gasteiger partial charge is 0.131 e. The number of nitrogen functional groups attached to an aromatic ring is 1. The number of nitrogens with two attached hydrogens (primary N) is 1. The molecule has 14 heavy (non-hydrogen) atoms. The molecule has 0 saturated heterocycles. The summed E-state index contributed by atoms with van der Waals surface area (Å²) in [7, 11) is 0. The molecule has 0 spiro atoms. The topological polar surface area (TPSA) is 26.0 Å². The van der Waals surface area contributed by atoms with E-state index in [4.69, 9.17) is 5.73 Å². The third-order valence-corrected chi connectivity index (χ3v) is 2.41. The summed E-state index contributed by atoms with van der Waals surface area (Å²) in [6.07, 6.45) is 0.794. The molecule has 0 aliphatic rings. The Hall–Kier alpha value is -1.57. The molecule has 0 bridgehead atoms. The Morgan fingerprint density at radius 3 is 2.79 bits per heavy atom. The van der Waals surface area contributed by atoms with E-state index in [1.165, 1.54) is 6.07 Å². The zero-order valence-electron chi connectivity index (χ0n) is 8.05. The first-order valence-electron chi connectivity index (χ1n) is 4.69. The Morgan fingerprint density at radius 2 is 2.07 bits per heavy atom. The third kappa shape index (κ3) is 1.33. The zero-order chi connectivity index (χ0) is 10.1. The lowest BCUT2D eigenvalue weighted by Crippen LogP contribution is -1.92. The van der Waals surface area contributed by atoms with Gasteiger partial charge >= 0.3 is 0 Å². The molecule has 1 nitrogen and oxygen atoms in total. The average molecular weight is 189 g/mol.